The standard InChI is InChI=1S/C9H20S/c1-4-7-9(6-3)10-8-5-2/h9H,4-8H2,1-3H3. The first-order chi connectivity index (χ1) is 4.85. The minimum Gasteiger partial charge on any atom is -0.159 e. The van der Waals surface area contributed by atoms with Crippen molar-refractivity contribution in [1.29, 1.82) is 0 Å². The molecule has 0 aliphatic carbocycles. The molecule has 0 nitrogen and oxygen atoms in total. The molecule has 0 saturated carbocycles. The van der Waals surface area contributed by atoms with Gasteiger partial charge in [-0.1, -0.05) is 27.2 Å². The number of hydrogen-bond acceptors (Lipinski definition) is 1. The van der Waals surface area contributed by atoms with E-state index < -0.39 is 0 Å². The highest BCUT2D eigenvalue weighted by molar-refractivity contribution is 7.99. The first-order valence-corrected chi connectivity index (χ1v) is 5.51. The maximum atomic E-state index is 2.29. The zero-order valence-corrected chi connectivity index (χ0v) is 8.34. The van der Waals surface area contributed by atoms with E-state index in [1.54, 1.807) is 0 Å². The van der Waals surface area contributed by atoms with Gasteiger partial charge in [-0.05, 0) is 25.0 Å². The molecule has 0 saturated heterocycles. The fourth-order valence-electron chi connectivity index (χ4n) is 1.01. The molecule has 10 heavy (non-hydrogen) atoms. The predicted octanol–water partition coefficient (Wildman–Crippen LogP) is 3.71. The Bertz CT molecular complexity index is 61.7. The first kappa shape index (κ1) is 10.3. The van der Waals surface area contributed by atoms with Crippen molar-refractivity contribution in [2.24, 2.45) is 0 Å². The highest BCUT2D eigenvalue weighted by atomic mass is 32.2. The van der Waals surface area contributed by atoms with Crippen LogP contribution >= 0.6 is 11.8 Å². The zero-order chi connectivity index (χ0) is 7.82. The van der Waals surface area contributed by atoms with Gasteiger partial charge in [-0.2, -0.15) is 11.8 Å². The summed E-state index contributed by atoms with van der Waals surface area (Å²) in [7, 11) is 0. The number of rotatable bonds is 6. The van der Waals surface area contributed by atoms with Crippen molar-refractivity contribution >= 4 is 11.8 Å². The lowest BCUT2D eigenvalue weighted by molar-refractivity contribution is 0.719. The molecule has 0 bridgehead atoms. The van der Waals surface area contributed by atoms with Crippen molar-refractivity contribution in [3.63, 3.8) is 0 Å². The summed E-state index contributed by atoms with van der Waals surface area (Å²) in [5.41, 5.74) is 0. The molecule has 62 valence electrons. The molecule has 0 radical (unpaired) electrons. The van der Waals surface area contributed by atoms with Crippen LogP contribution in [0.2, 0.25) is 0 Å². The van der Waals surface area contributed by atoms with Gasteiger partial charge in [0.2, 0.25) is 0 Å². The fraction of sp³-hybridized carbons (Fsp3) is 1.00. The molecule has 0 aromatic carbocycles. The zero-order valence-electron chi connectivity index (χ0n) is 7.52. The third-order valence-corrected chi connectivity index (χ3v) is 3.31. The smallest absolute Gasteiger partial charge is 0.00443 e. The summed E-state index contributed by atoms with van der Waals surface area (Å²) < 4.78 is 0. The molecule has 0 rings (SSSR count). The monoisotopic (exact) mass is 160 g/mol. The minimum absolute atomic E-state index is 0.935. The quantitative estimate of drug-likeness (QED) is 0.571. The molecule has 1 unspecified atom stereocenters. The van der Waals surface area contributed by atoms with Gasteiger partial charge in [0.05, 0.1) is 0 Å². The van der Waals surface area contributed by atoms with Crippen LogP contribution in [0.15, 0.2) is 0 Å². The van der Waals surface area contributed by atoms with Crippen molar-refractivity contribution < 1.29 is 0 Å². The molecule has 0 aliphatic heterocycles. The predicted molar refractivity (Wildman–Crippen MR) is 51.7 cm³/mol. The Morgan fingerprint density at radius 1 is 1.10 bits per heavy atom. The third kappa shape index (κ3) is 5.16. The number of hydrogen-bond donors (Lipinski definition) is 0. The highest BCUT2D eigenvalue weighted by Crippen LogP contribution is 2.19. The van der Waals surface area contributed by atoms with Crippen LogP contribution in [-0.4, -0.2) is 11.0 Å². The van der Waals surface area contributed by atoms with E-state index in [9.17, 15) is 0 Å². The van der Waals surface area contributed by atoms with Crippen LogP contribution in [-0.2, 0) is 0 Å². The maximum absolute atomic E-state index is 2.29. The normalized spacial score (nSPS) is 13.5. The van der Waals surface area contributed by atoms with Crippen LogP contribution in [0.5, 0.6) is 0 Å². The molecule has 0 N–H and O–H groups in total. The molecule has 0 aromatic rings. The molecule has 0 fully saturated rings. The molecule has 1 heteroatoms. The van der Waals surface area contributed by atoms with Crippen LogP contribution in [0.25, 0.3) is 0 Å². The second-order valence-electron chi connectivity index (χ2n) is 2.69. The Hall–Kier alpha value is 0.350. The summed E-state index contributed by atoms with van der Waals surface area (Å²) in [4.78, 5) is 0. The van der Waals surface area contributed by atoms with E-state index in [2.05, 4.69) is 32.5 Å². The molecule has 0 spiro atoms. The van der Waals surface area contributed by atoms with Crippen LogP contribution in [0.3, 0.4) is 0 Å². The summed E-state index contributed by atoms with van der Waals surface area (Å²) >= 11 is 2.15. The minimum atomic E-state index is 0.935. The molecule has 0 amide bonds. The average molecular weight is 160 g/mol. The van der Waals surface area contributed by atoms with Gasteiger partial charge in [0.25, 0.3) is 0 Å². The summed E-state index contributed by atoms with van der Waals surface area (Å²) in [5.74, 6) is 1.35. The average Bonchev–Trinajstić information content (AvgIpc) is 1.98. The summed E-state index contributed by atoms with van der Waals surface area (Å²) in [6.07, 6.45) is 5.42. The summed E-state index contributed by atoms with van der Waals surface area (Å²) in [5, 5.41) is 0.935. The fourth-order valence-corrected chi connectivity index (χ4v) is 2.22. The van der Waals surface area contributed by atoms with Gasteiger partial charge in [-0.25, -0.2) is 0 Å². The number of thioether (sulfide) groups is 1. The lowest BCUT2D eigenvalue weighted by Gasteiger charge is -2.11. The molecule has 0 aliphatic rings. The van der Waals surface area contributed by atoms with E-state index in [4.69, 9.17) is 0 Å². The van der Waals surface area contributed by atoms with Crippen molar-refractivity contribution in [2.45, 2.75) is 51.7 Å². The Morgan fingerprint density at radius 2 is 1.80 bits per heavy atom. The lowest BCUT2D eigenvalue weighted by atomic mass is 10.2. The molecule has 0 heterocycles. The van der Waals surface area contributed by atoms with Gasteiger partial charge in [0.1, 0.15) is 0 Å². The second-order valence-corrected chi connectivity index (χ2v) is 4.10. The van der Waals surface area contributed by atoms with Gasteiger partial charge in [0.15, 0.2) is 0 Å². The maximum Gasteiger partial charge on any atom is 0.00443 e. The molecule has 0 aromatic heterocycles. The second kappa shape index (κ2) is 7.46. The van der Waals surface area contributed by atoms with E-state index in [1.165, 1.54) is 31.4 Å². The van der Waals surface area contributed by atoms with Crippen molar-refractivity contribution in [3.05, 3.63) is 0 Å². The molecular weight excluding hydrogens is 140 g/mol. The summed E-state index contributed by atoms with van der Waals surface area (Å²) in [6.45, 7) is 6.82. The van der Waals surface area contributed by atoms with E-state index in [1.807, 2.05) is 0 Å². The van der Waals surface area contributed by atoms with E-state index >= 15 is 0 Å². The van der Waals surface area contributed by atoms with Crippen LogP contribution in [0, 0.1) is 0 Å². The van der Waals surface area contributed by atoms with Gasteiger partial charge < -0.3 is 0 Å². The Labute approximate surface area is 69.8 Å². The van der Waals surface area contributed by atoms with Crippen molar-refractivity contribution in [1.82, 2.24) is 0 Å². The van der Waals surface area contributed by atoms with Crippen LogP contribution in [0.1, 0.15) is 46.5 Å². The van der Waals surface area contributed by atoms with Gasteiger partial charge in [-0.3, -0.25) is 0 Å². The molecular formula is C9H20S. The highest BCUT2D eigenvalue weighted by Gasteiger charge is 2.02. The molecule has 1 atom stereocenters. The van der Waals surface area contributed by atoms with E-state index in [0.29, 0.717) is 0 Å². The Kier molecular flexibility index (Phi) is 7.72. The van der Waals surface area contributed by atoms with E-state index in [-0.39, 0.29) is 0 Å². The Balaban J connectivity index is 3.21. The van der Waals surface area contributed by atoms with Crippen LogP contribution in [0.4, 0.5) is 0 Å². The van der Waals surface area contributed by atoms with Crippen molar-refractivity contribution in [3.8, 4) is 0 Å². The van der Waals surface area contributed by atoms with Gasteiger partial charge in [-0.15, -0.1) is 0 Å². The lowest BCUT2D eigenvalue weighted by Crippen LogP contribution is -2.00. The van der Waals surface area contributed by atoms with E-state index in [0.717, 1.165) is 5.25 Å². The first-order valence-electron chi connectivity index (χ1n) is 4.46. The van der Waals surface area contributed by atoms with Gasteiger partial charge >= 0.3 is 0 Å². The van der Waals surface area contributed by atoms with Gasteiger partial charge in [0, 0.05) is 5.25 Å². The summed E-state index contributed by atoms with van der Waals surface area (Å²) in [6, 6.07) is 0. The SMILES string of the molecule is CCCSC(CC)CCC. The topological polar surface area (TPSA) is 0 Å². The van der Waals surface area contributed by atoms with Crippen molar-refractivity contribution in [2.75, 3.05) is 5.75 Å². The third-order valence-electron chi connectivity index (χ3n) is 1.62. The largest absolute Gasteiger partial charge is 0.159 e. The van der Waals surface area contributed by atoms with Crippen LogP contribution < -0.4 is 0 Å². The Morgan fingerprint density at radius 3 is 2.20 bits per heavy atom.